The van der Waals surface area contributed by atoms with Gasteiger partial charge in [-0.25, -0.2) is 4.98 Å². The van der Waals surface area contributed by atoms with E-state index < -0.39 is 0 Å². The van der Waals surface area contributed by atoms with E-state index in [1.54, 1.807) is 4.90 Å². The molecule has 1 aromatic heterocycles. The fourth-order valence-electron chi connectivity index (χ4n) is 1.88. The zero-order valence-electron chi connectivity index (χ0n) is 13.7. The Balaban J connectivity index is 2.54. The van der Waals surface area contributed by atoms with Crippen LogP contribution in [0.3, 0.4) is 0 Å². The zero-order chi connectivity index (χ0) is 16.5. The Hall–Kier alpha value is -1.47. The monoisotopic (exact) mass is 327 g/mol. The highest BCUT2D eigenvalue weighted by Gasteiger charge is 2.20. The van der Waals surface area contributed by atoms with E-state index in [1.165, 1.54) is 11.3 Å². The maximum Gasteiger partial charge on any atom is 0.245 e. The van der Waals surface area contributed by atoms with Crippen LogP contribution >= 0.6 is 11.3 Å². The van der Waals surface area contributed by atoms with E-state index in [2.05, 4.69) is 10.3 Å². The Bertz CT molecular complexity index is 488. The first-order valence-corrected chi connectivity index (χ1v) is 8.40. The molecule has 0 saturated heterocycles. The third-order valence-corrected chi connectivity index (χ3v) is 3.80. The molecular formula is C15H25N3O3S. The number of aromatic nitrogens is 1. The minimum absolute atomic E-state index is 0.0260. The van der Waals surface area contributed by atoms with Gasteiger partial charge in [-0.3, -0.25) is 9.59 Å². The second-order valence-electron chi connectivity index (χ2n) is 5.31. The number of rotatable bonds is 9. The van der Waals surface area contributed by atoms with E-state index in [9.17, 15) is 9.59 Å². The average molecular weight is 327 g/mol. The van der Waals surface area contributed by atoms with Crippen molar-refractivity contribution in [2.75, 3.05) is 31.6 Å². The third kappa shape index (κ3) is 6.53. The van der Waals surface area contributed by atoms with Crippen molar-refractivity contribution in [3.8, 4) is 0 Å². The summed E-state index contributed by atoms with van der Waals surface area (Å²) in [5.41, 5.74) is 0.868. The predicted molar refractivity (Wildman–Crippen MR) is 88.0 cm³/mol. The number of anilines is 1. The van der Waals surface area contributed by atoms with Crippen molar-refractivity contribution >= 4 is 28.3 Å². The topological polar surface area (TPSA) is 71.5 Å². The lowest BCUT2D eigenvalue weighted by Gasteiger charge is -2.23. The van der Waals surface area contributed by atoms with Crippen LogP contribution < -0.4 is 5.32 Å². The molecule has 0 radical (unpaired) electrons. The molecule has 0 saturated carbocycles. The van der Waals surface area contributed by atoms with Gasteiger partial charge in [0, 0.05) is 31.1 Å². The first-order valence-electron chi connectivity index (χ1n) is 7.52. The molecule has 1 N–H and O–H groups in total. The lowest BCUT2D eigenvalue weighted by Crippen LogP contribution is -2.41. The van der Waals surface area contributed by atoms with Crippen molar-refractivity contribution in [3.05, 3.63) is 11.1 Å². The predicted octanol–water partition coefficient (Wildman–Crippen LogP) is 2.30. The maximum absolute atomic E-state index is 12.2. The molecule has 0 atom stereocenters. The van der Waals surface area contributed by atoms with Gasteiger partial charge in [0.25, 0.3) is 0 Å². The molecule has 1 aromatic rings. The number of aryl methyl sites for hydroxylation is 1. The van der Waals surface area contributed by atoms with E-state index >= 15 is 0 Å². The molecule has 7 heteroatoms. The summed E-state index contributed by atoms with van der Waals surface area (Å²) in [7, 11) is 0. The van der Waals surface area contributed by atoms with Gasteiger partial charge in [0.15, 0.2) is 5.13 Å². The van der Waals surface area contributed by atoms with Crippen LogP contribution in [0.15, 0.2) is 5.38 Å². The molecule has 6 nitrogen and oxygen atoms in total. The maximum atomic E-state index is 12.2. The second-order valence-corrected chi connectivity index (χ2v) is 6.17. The summed E-state index contributed by atoms with van der Waals surface area (Å²) < 4.78 is 5.28. The largest absolute Gasteiger partial charge is 0.382 e. The van der Waals surface area contributed by atoms with Crippen LogP contribution in [0.5, 0.6) is 0 Å². The quantitative estimate of drug-likeness (QED) is 0.707. The highest BCUT2D eigenvalue weighted by Crippen LogP contribution is 2.14. The molecule has 0 aromatic carbocycles. The molecule has 0 fully saturated rings. The zero-order valence-corrected chi connectivity index (χ0v) is 14.5. The number of hydrogen-bond acceptors (Lipinski definition) is 5. The summed E-state index contributed by atoms with van der Waals surface area (Å²) in [5, 5.41) is 5.17. The van der Waals surface area contributed by atoms with Crippen molar-refractivity contribution in [2.24, 2.45) is 5.92 Å². The van der Waals surface area contributed by atoms with Gasteiger partial charge in [0.05, 0.1) is 12.2 Å². The molecule has 0 spiro atoms. The van der Waals surface area contributed by atoms with Gasteiger partial charge in [-0.2, -0.15) is 0 Å². The van der Waals surface area contributed by atoms with Crippen LogP contribution in [0.4, 0.5) is 5.13 Å². The van der Waals surface area contributed by atoms with Crippen molar-refractivity contribution in [1.29, 1.82) is 0 Å². The van der Waals surface area contributed by atoms with E-state index in [0.717, 1.165) is 12.1 Å². The van der Waals surface area contributed by atoms with Crippen LogP contribution in [-0.2, 0) is 14.3 Å². The molecule has 1 heterocycles. The Morgan fingerprint density at radius 1 is 1.45 bits per heavy atom. The molecule has 0 bridgehead atoms. The summed E-state index contributed by atoms with van der Waals surface area (Å²) in [6, 6.07) is 0. The van der Waals surface area contributed by atoms with Gasteiger partial charge in [-0.1, -0.05) is 13.8 Å². The molecule has 124 valence electrons. The van der Waals surface area contributed by atoms with E-state index in [1.807, 2.05) is 33.1 Å². The number of carbonyl (C=O) groups excluding carboxylic acids is 2. The van der Waals surface area contributed by atoms with E-state index in [-0.39, 0.29) is 24.3 Å². The normalized spacial score (nSPS) is 10.8. The molecule has 22 heavy (non-hydrogen) atoms. The van der Waals surface area contributed by atoms with Crippen molar-refractivity contribution in [1.82, 2.24) is 9.88 Å². The SMILES string of the molecule is CCOCCCN(CC(=O)Nc1nc(C)cs1)C(=O)C(C)C. The summed E-state index contributed by atoms with van der Waals surface area (Å²) in [6.45, 7) is 9.27. The lowest BCUT2D eigenvalue weighted by atomic mass is 10.2. The molecule has 0 aliphatic heterocycles. The van der Waals surface area contributed by atoms with Crippen LogP contribution in [0.1, 0.15) is 32.9 Å². The molecule has 2 amide bonds. The molecule has 0 aliphatic carbocycles. The molecule has 1 rings (SSSR count). The Morgan fingerprint density at radius 2 is 2.18 bits per heavy atom. The fourth-order valence-corrected chi connectivity index (χ4v) is 2.58. The first kappa shape index (κ1) is 18.6. The van der Waals surface area contributed by atoms with Crippen LogP contribution in [0.2, 0.25) is 0 Å². The van der Waals surface area contributed by atoms with Crippen molar-refractivity contribution < 1.29 is 14.3 Å². The van der Waals surface area contributed by atoms with Gasteiger partial charge >= 0.3 is 0 Å². The number of nitrogens with one attached hydrogen (secondary N) is 1. The highest BCUT2D eigenvalue weighted by molar-refractivity contribution is 7.13. The van der Waals surface area contributed by atoms with Gasteiger partial charge < -0.3 is 15.0 Å². The van der Waals surface area contributed by atoms with Crippen molar-refractivity contribution in [3.63, 3.8) is 0 Å². The molecule has 0 aliphatic rings. The fraction of sp³-hybridized carbons (Fsp3) is 0.667. The summed E-state index contributed by atoms with van der Waals surface area (Å²) in [5.74, 6) is -0.385. The highest BCUT2D eigenvalue weighted by atomic mass is 32.1. The first-order chi connectivity index (χ1) is 10.4. The number of amides is 2. The standard InChI is InChI=1S/C15H25N3O3S/c1-5-21-8-6-7-18(14(20)11(2)3)9-13(19)17-15-16-12(4)10-22-15/h10-11H,5-9H2,1-4H3,(H,16,17,19). The van der Waals surface area contributed by atoms with E-state index in [0.29, 0.717) is 24.9 Å². The minimum atomic E-state index is -0.222. The number of carbonyl (C=O) groups is 2. The van der Waals surface area contributed by atoms with Crippen molar-refractivity contribution in [2.45, 2.75) is 34.1 Å². The summed E-state index contributed by atoms with van der Waals surface area (Å²) in [4.78, 5) is 30.0. The van der Waals surface area contributed by atoms with Gasteiger partial charge in [0.1, 0.15) is 0 Å². The number of thiazole rings is 1. The minimum Gasteiger partial charge on any atom is -0.382 e. The Kier molecular flexibility index (Phi) is 8.05. The van der Waals surface area contributed by atoms with E-state index in [4.69, 9.17) is 4.74 Å². The van der Waals surface area contributed by atoms with Gasteiger partial charge in [0.2, 0.25) is 11.8 Å². The summed E-state index contributed by atoms with van der Waals surface area (Å²) in [6.07, 6.45) is 0.718. The van der Waals surface area contributed by atoms with Crippen LogP contribution in [0, 0.1) is 12.8 Å². The van der Waals surface area contributed by atoms with Crippen LogP contribution in [0.25, 0.3) is 0 Å². The van der Waals surface area contributed by atoms with Crippen LogP contribution in [-0.4, -0.2) is 48.0 Å². The second kappa shape index (κ2) is 9.53. The van der Waals surface area contributed by atoms with Gasteiger partial charge in [-0.05, 0) is 20.3 Å². The molecular weight excluding hydrogens is 302 g/mol. The number of ether oxygens (including phenoxy) is 1. The Morgan fingerprint density at radius 3 is 2.73 bits per heavy atom. The summed E-state index contributed by atoms with van der Waals surface area (Å²) >= 11 is 1.38. The number of nitrogens with zero attached hydrogens (tertiary/aromatic N) is 2. The molecule has 0 unspecified atom stereocenters. The third-order valence-electron chi connectivity index (χ3n) is 2.93. The lowest BCUT2D eigenvalue weighted by molar-refractivity contribution is -0.137. The van der Waals surface area contributed by atoms with Gasteiger partial charge in [-0.15, -0.1) is 11.3 Å². The smallest absolute Gasteiger partial charge is 0.245 e. The number of hydrogen-bond donors (Lipinski definition) is 1. The average Bonchev–Trinajstić information content (AvgIpc) is 2.86. The Labute approximate surface area is 135 Å².